The molecule has 0 saturated heterocycles. The van der Waals surface area contributed by atoms with Crippen LogP contribution in [0.2, 0.25) is 0 Å². The first-order valence-electron chi connectivity index (χ1n) is 6.67. The van der Waals surface area contributed by atoms with Gasteiger partial charge in [0, 0.05) is 0 Å². The van der Waals surface area contributed by atoms with Gasteiger partial charge < -0.3 is 4.89 Å². The summed E-state index contributed by atoms with van der Waals surface area (Å²) in [6, 6.07) is 15.1. The van der Waals surface area contributed by atoms with Crippen LogP contribution >= 0.6 is 7.82 Å². The van der Waals surface area contributed by atoms with Crippen LogP contribution in [0, 0.1) is 13.8 Å². The quantitative estimate of drug-likeness (QED) is 0.815. The van der Waals surface area contributed by atoms with Gasteiger partial charge in [0.15, 0.2) is 0 Å². The van der Waals surface area contributed by atoms with Gasteiger partial charge in [-0.05, 0) is 25.0 Å². The second kappa shape index (κ2) is 7.01. The maximum atomic E-state index is 11.8. The van der Waals surface area contributed by atoms with E-state index in [0.29, 0.717) is 0 Å². The average molecular weight is 306 g/mol. The molecule has 0 radical (unpaired) electrons. The minimum absolute atomic E-state index is 0.0436. The molecule has 0 fully saturated rings. The first-order valence-corrected chi connectivity index (χ1v) is 8.17. The molecule has 0 spiro atoms. The number of phosphoric acid groups is 1. The first kappa shape index (κ1) is 15.9. The van der Waals surface area contributed by atoms with Crippen LogP contribution in [0.25, 0.3) is 0 Å². The molecule has 0 atom stereocenters. The van der Waals surface area contributed by atoms with Crippen molar-refractivity contribution in [2.45, 2.75) is 27.1 Å². The number of phosphoric ester groups is 1. The molecule has 0 amide bonds. The zero-order valence-corrected chi connectivity index (χ0v) is 13.0. The van der Waals surface area contributed by atoms with E-state index in [1.165, 1.54) is 0 Å². The van der Waals surface area contributed by atoms with Gasteiger partial charge in [0.2, 0.25) is 0 Å². The minimum Gasteiger partial charge on any atom is -0.302 e. The molecule has 0 heterocycles. The van der Waals surface area contributed by atoms with E-state index in [1.54, 1.807) is 0 Å². The second-order valence-electron chi connectivity index (χ2n) is 4.99. The lowest BCUT2D eigenvalue weighted by atomic mass is 10.2. The van der Waals surface area contributed by atoms with E-state index < -0.39 is 7.82 Å². The lowest BCUT2D eigenvalue weighted by molar-refractivity contribution is 0.137. The molecule has 2 rings (SSSR count). The predicted octanol–water partition coefficient (Wildman–Crippen LogP) is 4.14. The standard InChI is InChI=1S/C16H19O4P/c1-13-3-7-15(8-4-13)11-19-21(17,18)20-12-16-9-5-14(2)6-10-16/h3-10H,11-12H2,1-2H3,(H,17,18). The Morgan fingerprint density at radius 3 is 1.48 bits per heavy atom. The Hall–Kier alpha value is -1.45. The fraction of sp³-hybridized carbons (Fsp3) is 0.250. The van der Waals surface area contributed by atoms with Gasteiger partial charge in [0.1, 0.15) is 0 Å². The van der Waals surface area contributed by atoms with Crippen LogP contribution in [0.1, 0.15) is 22.3 Å². The van der Waals surface area contributed by atoms with Crippen molar-refractivity contribution in [3.63, 3.8) is 0 Å². The summed E-state index contributed by atoms with van der Waals surface area (Å²) < 4.78 is 21.8. The molecular weight excluding hydrogens is 287 g/mol. The Labute approximate surface area is 125 Å². The molecule has 2 aromatic rings. The highest BCUT2D eigenvalue weighted by atomic mass is 31.2. The second-order valence-corrected chi connectivity index (χ2v) is 6.44. The zero-order valence-electron chi connectivity index (χ0n) is 12.2. The van der Waals surface area contributed by atoms with Crippen molar-refractivity contribution >= 4 is 7.82 Å². The van der Waals surface area contributed by atoms with Gasteiger partial charge in [0.25, 0.3) is 0 Å². The lowest BCUT2D eigenvalue weighted by Gasteiger charge is -2.12. The van der Waals surface area contributed by atoms with Gasteiger partial charge in [0.05, 0.1) is 13.2 Å². The first-order chi connectivity index (χ1) is 9.94. The van der Waals surface area contributed by atoms with Crippen molar-refractivity contribution in [1.82, 2.24) is 0 Å². The lowest BCUT2D eigenvalue weighted by Crippen LogP contribution is -1.97. The fourth-order valence-corrected chi connectivity index (χ4v) is 2.42. The summed E-state index contributed by atoms with van der Waals surface area (Å²) >= 11 is 0. The summed E-state index contributed by atoms with van der Waals surface area (Å²) in [5.41, 5.74) is 3.91. The molecule has 0 aliphatic carbocycles. The van der Waals surface area contributed by atoms with E-state index in [4.69, 9.17) is 9.05 Å². The third-order valence-corrected chi connectivity index (χ3v) is 3.94. The minimum atomic E-state index is -4.05. The number of benzene rings is 2. The summed E-state index contributed by atoms with van der Waals surface area (Å²) in [6.07, 6.45) is 0. The van der Waals surface area contributed by atoms with Gasteiger partial charge in [-0.3, -0.25) is 9.05 Å². The van der Waals surface area contributed by atoms with Crippen LogP contribution in [0.4, 0.5) is 0 Å². The van der Waals surface area contributed by atoms with Crippen molar-refractivity contribution in [3.8, 4) is 0 Å². The molecule has 0 saturated carbocycles. The molecule has 0 aliphatic rings. The molecule has 0 aromatic heterocycles. The van der Waals surface area contributed by atoms with Crippen molar-refractivity contribution in [2.75, 3.05) is 0 Å². The molecule has 21 heavy (non-hydrogen) atoms. The van der Waals surface area contributed by atoms with E-state index in [0.717, 1.165) is 22.3 Å². The smallest absolute Gasteiger partial charge is 0.302 e. The van der Waals surface area contributed by atoms with E-state index >= 15 is 0 Å². The highest BCUT2D eigenvalue weighted by molar-refractivity contribution is 7.47. The Kier molecular flexibility index (Phi) is 5.32. The molecule has 112 valence electrons. The van der Waals surface area contributed by atoms with E-state index in [2.05, 4.69) is 0 Å². The Bertz CT molecular complexity index is 566. The molecule has 0 aliphatic heterocycles. The highest BCUT2D eigenvalue weighted by Crippen LogP contribution is 2.44. The van der Waals surface area contributed by atoms with Crippen molar-refractivity contribution in [2.24, 2.45) is 0 Å². The van der Waals surface area contributed by atoms with Gasteiger partial charge in [-0.2, -0.15) is 0 Å². The number of hydrogen-bond acceptors (Lipinski definition) is 3. The fourth-order valence-electron chi connectivity index (χ4n) is 1.72. The number of aryl methyl sites for hydroxylation is 2. The van der Waals surface area contributed by atoms with Gasteiger partial charge in [-0.25, -0.2) is 4.57 Å². The maximum absolute atomic E-state index is 11.8. The summed E-state index contributed by atoms with van der Waals surface area (Å²) in [7, 11) is -4.05. The summed E-state index contributed by atoms with van der Waals surface area (Å²) in [5, 5.41) is 0. The van der Waals surface area contributed by atoms with Crippen molar-refractivity contribution in [3.05, 3.63) is 70.8 Å². The van der Waals surface area contributed by atoms with Crippen LogP contribution in [0.15, 0.2) is 48.5 Å². The van der Waals surface area contributed by atoms with Crippen molar-refractivity contribution < 1.29 is 18.5 Å². The van der Waals surface area contributed by atoms with E-state index in [9.17, 15) is 9.46 Å². The summed E-state index contributed by atoms with van der Waals surface area (Å²) in [4.78, 5) is 9.66. The normalized spacial score (nSPS) is 11.6. The van der Waals surface area contributed by atoms with Crippen LogP contribution in [0.5, 0.6) is 0 Å². The third-order valence-electron chi connectivity index (χ3n) is 3.03. The molecule has 2 aromatic carbocycles. The number of rotatable bonds is 6. The molecule has 4 nitrogen and oxygen atoms in total. The third kappa shape index (κ3) is 5.44. The maximum Gasteiger partial charge on any atom is 0.472 e. The summed E-state index contributed by atoms with van der Waals surface area (Å²) in [6.45, 7) is 4.04. The Balaban J connectivity index is 1.85. The average Bonchev–Trinajstić information content (AvgIpc) is 2.46. The van der Waals surface area contributed by atoms with E-state index in [-0.39, 0.29) is 13.2 Å². The summed E-state index contributed by atoms with van der Waals surface area (Å²) in [5.74, 6) is 0. The predicted molar refractivity (Wildman–Crippen MR) is 81.8 cm³/mol. The largest absolute Gasteiger partial charge is 0.472 e. The Morgan fingerprint density at radius 1 is 0.810 bits per heavy atom. The number of hydrogen-bond donors (Lipinski definition) is 1. The van der Waals surface area contributed by atoms with Crippen LogP contribution in [0.3, 0.4) is 0 Å². The van der Waals surface area contributed by atoms with Gasteiger partial charge in [-0.1, -0.05) is 59.7 Å². The molecule has 1 N–H and O–H groups in total. The Morgan fingerprint density at radius 2 is 1.14 bits per heavy atom. The molecule has 0 bridgehead atoms. The topological polar surface area (TPSA) is 55.8 Å². The van der Waals surface area contributed by atoms with E-state index in [1.807, 2.05) is 62.4 Å². The van der Waals surface area contributed by atoms with Crippen LogP contribution in [-0.2, 0) is 26.8 Å². The highest BCUT2D eigenvalue weighted by Gasteiger charge is 2.21. The molecular formula is C16H19O4P. The van der Waals surface area contributed by atoms with Crippen molar-refractivity contribution in [1.29, 1.82) is 0 Å². The SMILES string of the molecule is Cc1ccc(COP(=O)(O)OCc2ccc(C)cc2)cc1. The monoisotopic (exact) mass is 306 g/mol. The van der Waals surface area contributed by atoms with Gasteiger partial charge in [-0.15, -0.1) is 0 Å². The molecule has 0 unspecified atom stereocenters. The van der Waals surface area contributed by atoms with Crippen LogP contribution in [-0.4, -0.2) is 4.89 Å². The zero-order chi connectivity index (χ0) is 15.3. The molecule has 5 heteroatoms. The van der Waals surface area contributed by atoms with Gasteiger partial charge >= 0.3 is 7.82 Å². The van der Waals surface area contributed by atoms with Crippen LogP contribution < -0.4 is 0 Å².